The Morgan fingerprint density at radius 3 is 2.43 bits per heavy atom. The van der Waals surface area contributed by atoms with E-state index in [1.54, 1.807) is 24.3 Å². The van der Waals surface area contributed by atoms with Crippen LogP contribution in [-0.4, -0.2) is 26.1 Å². The molecule has 1 aromatic carbocycles. The van der Waals surface area contributed by atoms with Crippen LogP contribution in [0.2, 0.25) is 0 Å². The highest BCUT2D eigenvalue weighted by Gasteiger charge is 2.33. The molecule has 1 amide bonds. The molecule has 7 heteroatoms. The lowest BCUT2D eigenvalue weighted by atomic mass is 10.1. The predicted octanol–water partition coefficient (Wildman–Crippen LogP) is 3.31. The molecule has 23 heavy (non-hydrogen) atoms. The Balaban J connectivity index is 2.01. The van der Waals surface area contributed by atoms with Gasteiger partial charge in [0, 0.05) is 11.1 Å². The number of aryl methyl sites for hydroxylation is 1. The number of hydrogen-bond donors (Lipinski definition) is 0. The average molecular weight is 396 g/mol. The Morgan fingerprint density at radius 1 is 1.22 bits per heavy atom. The van der Waals surface area contributed by atoms with E-state index in [1.807, 2.05) is 19.1 Å². The van der Waals surface area contributed by atoms with Crippen molar-refractivity contribution in [3.63, 3.8) is 0 Å². The van der Waals surface area contributed by atoms with Crippen molar-refractivity contribution in [2.45, 2.75) is 13.0 Å². The van der Waals surface area contributed by atoms with Gasteiger partial charge in [0.05, 0.1) is 11.8 Å². The normalized spacial score (nSPS) is 19.0. The summed E-state index contributed by atoms with van der Waals surface area (Å²) in [4.78, 5) is 14.3. The number of carbonyl (C=O) groups excluding carboxylic acids is 1. The number of sulfone groups is 1. The number of halogens is 1. The SMILES string of the molecule is Cc1ccc(N(C(=O)c2ccc(Br)o2)[C@@H]2C=CS(=O)(=O)C2)cc1. The maximum Gasteiger partial charge on any atom is 0.294 e. The summed E-state index contributed by atoms with van der Waals surface area (Å²) in [5.41, 5.74) is 1.68. The molecule has 0 spiro atoms. The van der Waals surface area contributed by atoms with Crippen molar-refractivity contribution in [2.24, 2.45) is 0 Å². The van der Waals surface area contributed by atoms with Crippen LogP contribution in [0, 0.1) is 6.92 Å². The number of hydrogen-bond acceptors (Lipinski definition) is 4. The Hall–Kier alpha value is -1.86. The summed E-state index contributed by atoms with van der Waals surface area (Å²) in [5.74, 6) is -0.365. The van der Waals surface area contributed by atoms with Gasteiger partial charge in [0.1, 0.15) is 0 Å². The van der Waals surface area contributed by atoms with Gasteiger partial charge >= 0.3 is 0 Å². The fourth-order valence-electron chi connectivity index (χ4n) is 2.43. The van der Waals surface area contributed by atoms with Crippen molar-refractivity contribution >= 4 is 37.4 Å². The van der Waals surface area contributed by atoms with Crippen molar-refractivity contribution in [3.05, 3.63) is 63.9 Å². The van der Waals surface area contributed by atoms with Crippen LogP contribution < -0.4 is 4.90 Å². The van der Waals surface area contributed by atoms with Gasteiger partial charge in [0.25, 0.3) is 5.91 Å². The fraction of sp³-hybridized carbons (Fsp3) is 0.188. The van der Waals surface area contributed by atoms with Crippen molar-refractivity contribution in [1.29, 1.82) is 0 Å². The van der Waals surface area contributed by atoms with Crippen LogP contribution in [0.3, 0.4) is 0 Å². The van der Waals surface area contributed by atoms with Gasteiger partial charge in [0.15, 0.2) is 20.3 Å². The molecular formula is C16H14BrNO4S. The first-order valence-electron chi connectivity index (χ1n) is 6.92. The highest BCUT2D eigenvalue weighted by atomic mass is 79.9. The smallest absolute Gasteiger partial charge is 0.294 e. The van der Waals surface area contributed by atoms with E-state index >= 15 is 0 Å². The van der Waals surface area contributed by atoms with Gasteiger partial charge in [-0.15, -0.1) is 0 Å². The second kappa shape index (κ2) is 5.98. The molecule has 0 unspecified atom stereocenters. The number of furan rings is 1. The minimum atomic E-state index is -3.28. The van der Waals surface area contributed by atoms with E-state index in [4.69, 9.17) is 4.42 Å². The molecule has 120 valence electrons. The Labute approximate surface area is 142 Å². The molecule has 1 atom stereocenters. The van der Waals surface area contributed by atoms with E-state index in [-0.39, 0.29) is 17.4 Å². The van der Waals surface area contributed by atoms with Crippen LogP contribution in [0.25, 0.3) is 0 Å². The lowest BCUT2D eigenvalue weighted by molar-refractivity contribution is 0.0955. The molecule has 0 aliphatic carbocycles. The third kappa shape index (κ3) is 3.40. The molecule has 0 bridgehead atoms. The van der Waals surface area contributed by atoms with Gasteiger partial charge in [-0.05, 0) is 53.2 Å². The van der Waals surface area contributed by atoms with Gasteiger partial charge in [-0.2, -0.15) is 0 Å². The van der Waals surface area contributed by atoms with Crippen LogP contribution in [0.15, 0.2) is 57.0 Å². The highest BCUT2D eigenvalue weighted by molar-refractivity contribution is 9.10. The summed E-state index contributed by atoms with van der Waals surface area (Å²) in [6.07, 6.45) is 1.53. The summed E-state index contributed by atoms with van der Waals surface area (Å²) < 4.78 is 29.3. The van der Waals surface area contributed by atoms with Gasteiger partial charge < -0.3 is 4.42 Å². The van der Waals surface area contributed by atoms with E-state index in [0.717, 1.165) is 11.0 Å². The van der Waals surface area contributed by atoms with E-state index < -0.39 is 15.9 Å². The molecular weight excluding hydrogens is 382 g/mol. The van der Waals surface area contributed by atoms with Crippen molar-refractivity contribution in [3.8, 4) is 0 Å². The molecule has 0 radical (unpaired) electrons. The van der Waals surface area contributed by atoms with Gasteiger partial charge in [-0.25, -0.2) is 8.42 Å². The van der Waals surface area contributed by atoms with E-state index in [1.165, 1.54) is 11.0 Å². The third-order valence-corrected chi connectivity index (χ3v) is 5.36. The Bertz CT molecular complexity index is 868. The number of benzene rings is 1. The molecule has 2 aromatic rings. The van der Waals surface area contributed by atoms with Crippen molar-refractivity contribution < 1.29 is 17.6 Å². The minimum Gasteiger partial charge on any atom is -0.444 e. The highest BCUT2D eigenvalue weighted by Crippen LogP contribution is 2.26. The second-order valence-electron chi connectivity index (χ2n) is 5.34. The summed E-state index contributed by atoms with van der Waals surface area (Å²) in [5, 5.41) is 1.16. The van der Waals surface area contributed by atoms with Crippen LogP contribution in [0.5, 0.6) is 0 Å². The van der Waals surface area contributed by atoms with Crippen LogP contribution in [0.1, 0.15) is 16.1 Å². The first-order chi connectivity index (χ1) is 10.9. The zero-order valence-corrected chi connectivity index (χ0v) is 14.7. The fourth-order valence-corrected chi connectivity index (χ4v) is 4.01. The number of amides is 1. The summed E-state index contributed by atoms with van der Waals surface area (Å²) in [7, 11) is -3.28. The van der Waals surface area contributed by atoms with E-state index in [0.29, 0.717) is 10.4 Å². The van der Waals surface area contributed by atoms with Crippen molar-refractivity contribution in [2.75, 3.05) is 10.7 Å². The van der Waals surface area contributed by atoms with Crippen molar-refractivity contribution in [1.82, 2.24) is 0 Å². The monoisotopic (exact) mass is 395 g/mol. The number of nitrogens with zero attached hydrogens (tertiary/aromatic N) is 1. The molecule has 0 N–H and O–H groups in total. The molecule has 5 nitrogen and oxygen atoms in total. The quantitative estimate of drug-likeness (QED) is 0.799. The summed E-state index contributed by atoms with van der Waals surface area (Å²) in [6.45, 7) is 1.94. The first kappa shape index (κ1) is 16.0. The first-order valence-corrected chi connectivity index (χ1v) is 9.43. The minimum absolute atomic E-state index is 0.130. The second-order valence-corrected chi connectivity index (χ2v) is 8.05. The topological polar surface area (TPSA) is 67.6 Å². The van der Waals surface area contributed by atoms with Crippen LogP contribution >= 0.6 is 15.9 Å². The summed E-state index contributed by atoms with van der Waals surface area (Å²) in [6, 6.07) is 9.97. The molecule has 2 heterocycles. The number of carbonyl (C=O) groups is 1. The predicted molar refractivity (Wildman–Crippen MR) is 91.1 cm³/mol. The molecule has 0 saturated heterocycles. The zero-order chi connectivity index (χ0) is 16.6. The lowest BCUT2D eigenvalue weighted by Crippen LogP contribution is -2.41. The molecule has 1 aliphatic rings. The number of rotatable bonds is 3. The largest absolute Gasteiger partial charge is 0.444 e. The molecule has 1 aromatic heterocycles. The van der Waals surface area contributed by atoms with Gasteiger partial charge in [0.2, 0.25) is 0 Å². The average Bonchev–Trinajstić information content (AvgIpc) is 3.07. The van der Waals surface area contributed by atoms with Gasteiger partial charge in [-0.3, -0.25) is 9.69 Å². The third-order valence-electron chi connectivity index (χ3n) is 3.56. The molecule has 0 fully saturated rings. The molecule has 3 rings (SSSR count). The molecule has 1 aliphatic heterocycles. The summed E-state index contributed by atoms with van der Waals surface area (Å²) >= 11 is 3.17. The zero-order valence-electron chi connectivity index (χ0n) is 12.3. The van der Waals surface area contributed by atoms with Crippen LogP contribution in [0.4, 0.5) is 5.69 Å². The van der Waals surface area contributed by atoms with E-state index in [9.17, 15) is 13.2 Å². The van der Waals surface area contributed by atoms with E-state index in [2.05, 4.69) is 15.9 Å². The Morgan fingerprint density at radius 2 is 1.91 bits per heavy atom. The van der Waals surface area contributed by atoms with Gasteiger partial charge in [-0.1, -0.05) is 17.7 Å². The maximum absolute atomic E-state index is 12.8. The molecule has 0 saturated carbocycles. The lowest BCUT2D eigenvalue weighted by Gasteiger charge is -2.26. The number of anilines is 1. The standard InChI is InChI=1S/C16H14BrNO4S/c1-11-2-4-12(5-3-11)18(13-8-9-23(20,21)10-13)16(19)14-6-7-15(17)22-14/h2-9,13H,10H2,1H3/t13-/m1/s1. The Kier molecular flexibility index (Phi) is 4.16. The van der Waals surface area contributed by atoms with Crippen LogP contribution in [-0.2, 0) is 9.84 Å². The maximum atomic E-state index is 12.8.